The highest BCUT2D eigenvalue weighted by Crippen LogP contribution is 2.25. The molecule has 0 unspecified atom stereocenters. The molecule has 0 atom stereocenters. The van der Waals surface area contributed by atoms with Crippen LogP contribution in [0.2, 0.25) is 0 Å². The summed E-state index contributed by atoms with van der Waals surface area (Å²) in [4.78, 5) is 29.8. The fourth-order valence-electron chi connectivity index (χ4n) is 2.90. The Morgan fingerprint density at radius 2 is 2.04 bits per heavy atom. The summed E-state index contributed by atoms with van der Waals surface area (Å²) in [5.74, 6) is 1.76. The topological polar surface area (TPSA) is 75.4 Å². The molecule has 6 nitrogen and oxygen atoms in total. The van der Waals surface area contributed by atoms with Crippen molar-refractivity contribution in [1.29, 1.82) is 0 Å². The van der Waals surface area contributed by atoms with Gasteiger partial charge in [-0.1, -0.05) is 17.7 Å². The van der Waals surface area contributed by atoms with Crippen LogP contribution in [0.25, 0.3) is 11.5 Å². The minimum atomic E-state index is -0.811. The zero-order valence-corrected chi connectivity index (χ0v) is 16.3. The SMILES string of the molecule is Cc1ccc(-c2nc(CSCCN3C(=O)NC(C)(C)C3=O)co2)c(C)c1. The number of oxazole rings is 1. The lowest BCUT2D eigenvalue weighted by atomic mass is 10.1. The Balaban J connectivity index is 1.53. The van der Waals surface area contributed by atoms with Crippen molar-refractivity contribution in [3.05, 3.63) is 41.3 Å². The molecule has 1 N–H and O–H groups in total. The number of carbonyl (C=O) groups is 2. The molecule has 2 aromatic rings. The number of carbonyl (C=O) groups excluding carboxylic acids is 2. The second kappa shape index (κ2) is 7.15. The molecule has 1 aliphatic heterocycles. The van der Waals surface area contributed by atoms with Crippen molar-refractivity contribution in [1.82, 2.24) is 15.2 Å². The Hall–Kier alpha value is -2.28. The highest BCUT2D eigenvalue weighted by Gasteiger charge is 2.43. The molecule has 0 radical (unpaired) electrons. The molecule has 1 aromatic carbocycles. The smallest absolute Gasteiger partial charge is 0.325 e. The number of amides is 3. The van der Waals surface area contributed by atoms with E-state index < -0.39 is 5.54 Å². The van der Waals surface area contributed by atoms with Gasteiger partial charge in [-0.15, -0.1) is 0 Å². The van der Waals surface area contributed by atoms with Gasteiger partial charge in [0.2, 0.25) is 5.89 Å². The standard InChI is InChI=1S/C19H23N3O3S/c1-12-5-6-15(13(2)9-12)16-20-14(10-25-16)11-26-8-7-22-17(23)19(3,4)21-18(22)24/h5-6,9-10H,7-8,11H2,1-4H3,(H,21,24). The van der Waals surface area contributed by atoms with E-state index in [0.29, 0.717) is 23.9 Å². The highest BCUT2D eigenvalue weighted by atomic mass is 32.2. The van der Waals surface area contributed by atoms with Crippen LogP contribution in [0.1, 0.15) is 30.7 Å². The van der Waals surface area contributed by atoms with E-state index in [2.05, 4.69) is 23.3 Å². The van der Waals surface area contributed by atoms with E-state index in [-0.39, 0.29) is 11.9 Å². The Morgan fingerprint density at radius 3 is 2.69 bits per heavy atom. The predicted molar refractivity (Wildman–Crippen MR) is 102 cm³/mol. The monoisotopic (exact) mass is 373 g/mol. The van der Waals surface area contributed by atoms with E-state index in [9.17, 15) is 9.59 Å². The van der Waals surface area contributed by atoms with Crippen molar-refractivity contribution >= 4 is 23.7 Å². The summed E-state index contributed by atoms with van der Waals surface area (Å²) in [5.41, 5.74) is 3.37. The average molecular weight is 373 g/mol. The van der Waals surface area contributed by atoms with Crippen molar-refractivity contribution in [3.8, 4) is 11.5 Å². The maximum atomic E-state index is 12.1. The Kier molecular flexibility index (Phi) is 5.09. The van der Waals surface area contributed by atoms with E-state index in [1.165, 1.54) is 10.5 Å². The summed E-state index contributed by atoms with van der Waals surface area (Å²) in [6.45, 7) is 7.91. The van der Waals surface area contributed by atoms with Gasteiger partial charge in [0.05, 0.1) is 5.69 Å². The molecule has 3 rings (SSSR count). The summed E-state index contributed by atoms with van der Waals surface area (Å²) < 4.78 is 5.61. The van der Waals surface area contributed by atoms with Crippen LogP contribution < -0.4 is 5.32 Å². The molecular formula is C19H23N3O3S. The van der Waals surface area contributed by atoms with Gasteiger partial charge in [-0.2, -0.15) is 11.8 Å². The summed E-state index contributed by atoms with van der Waals surface area (Å²) in [6.07, 6.45) is 1.67. The molecule has 26 heavy (non-hydrogen) atoms. The number of aromatic nitrogens is 1. The largest absolute Gasteiger partial charge is 0.444 e. The van der Waals surface area contributed by atoms with E-state index >= 15 is 0 Å². The van der Waals surface area contributed by atoms with Gasteiger partial charge >= 0.3 is 6.03 Å². The highest BCUT2D eigenvalue weighted by molar-refractivity contribution is 7.98. The van der Waals surface area contributed by atoms with Crippen molar-refractivity contribution in [2.75, 3.05) is 12.3 Å². The molecule has 1 aliphatic rings. The molecule has 0 bridgehead atoms. The first-order valence-electron chi connectivity index (χ1n) is 8.52. The van der Waals surface area contributed by atoms with Crippen molar-refractivity contribution in [3.63, 3.8) is 0 Å². The maximum Gasteiger partial charge on any atom is 0.325 e. The lowest BCUT2D eigenvalue weighted by molar-refractivity contribution is -0.130. The van der Waals surface area contributed by atoms with Gasteiger partial charge in [-0.3, -0.25) is 9.69 Å². The van der Waals surface area contributed by atoms with Crippen LogP contribution in [0.3, 0.4) is 0 Å². The van der Waals surface area contributed by atoms with Crippen LogP contribution in [-0.2, 0) is 10.5 Å². The summed E-state index contributed by atoms with van der Waals surface area (Å²) >= 11 is 1.62. The number of hydrogen-bond donors (Lipinski definition) is 1. The average Bonchev–Trinajstić information content (AvgIpc) is 3.09. The zero-order chi connectivity index (χ0) is 18.9. The number of rotatable bonds is 6. The van der Waals surface area contributed by atoms with Gasteiger partial charge in [0.1, 0.15) is 11.8 Å². The van der Waals surface area contributed by atoms with E-state index in [0.717, 1.165) is 16.8 Å². The van der Waals surface area contributed by atoms with Crippen LogP contribution in [0, 0.1) is 13.8 Å². The molecule has 2 heterocycles. The number of nitrogens with one attached hydrogen (secondary N) is 1. The second-order valence-electron chi connectivity index (χ2n) is 7.03. The summed E-state index contributed by atoms with van der Waals surface area (Å²) in [7, 11) is 0. The zero-order valence-electron chi connectivity index (χ0n) is 15.5. The Morgan fingerprint density at radius 1 is 1.27 bits per heavy atom. The van der Waals surface area contributed by atoms with Crippen LogP contribution in [-0.4, -0.2) is 39.7 Å². The van der Waals surface area contributed by atoms with Crippen molar-refractivity contribution in [2.45, 2.75) is 39.0 Å². The Bertz CT molecular complexity index is 844. The normalized spacial score (nSPS) is 16.2. The van der Waals surface area contributed by atoms with Crippen molar-refractivity contribution < 1.29 is 14.0 Å². The minimum Gasteiger partial charge on any atom is -0.444 e. The number of thioether (sulfide) groups is 1. The number of aryl methyl sites for hydroxylation is 2. The molecule has 138 valence electrons. The number of hydrogen-bond acceptors (Lipinski definition) is 5. The molecule has 1 fully saturated rings. The minimum absolute atomic E-state index is 0.179. The van der Waals surface area contributed by atoms with Gasteiger partial charge in [0, 0.05) is 23.6 Å². The molecule has 0 spiro atoms. The maximum absolute atomic E-state index is 12.1. The van der Waals surface area contributed by atoms with Crippen LogP contribution in [0.15, 0.2) is 28.9 Å². The molecule has 1 aromatic heterocycles. The molecular weight excluding hydrogens is 350 g/mol. The second-order valence-corrected chi connectivity index (χ2v) is 8.13. The third-order valence-corrected chi connectivity index (χ3v) is 5.29. The molecule has 0 aliphatic carbocycles. The van der Waals surface area contributed by atoms with Crippen LogP contribution in [0.5, 0.6) is 0 Å². The van der Waals surface area contributed by atoms with E-state index in [1.807, 2.05) is 19.1 Å². The third kappa shape index (κ3) is 3.77. The van der Waals surface area contributed by atoms with Gasteiger partial charge in [0.15, 0.2) is 0 Å². The third-order valence-electron chi connectivity index (χ3n) is 4.32. The number of imide groups is 1. The number of benzene rings is 1. The van der Waals surface area contributed by atoms with Gasteiger partial charge in [-0.05, 0) is 39.3 Å². The summed E-state index contributed by atoms with van der Waals surface area (Å²) in [5, 5.41) is 2.68. The van der Waals surface area contributed by atoms with Gasteiger partial charge < -0.3 is 9.73 Å². The van der Waals surface area contributed by atoms with Crippen LogP contribution in [0.4, 0.5) is 4.79 Å². The van der Waals surface area contributed by atoms with E-state index in [1.54, 1.807) is 31.9 Å². The number of nitrogens with zero attached hydrogens (tertiary/aromatic N) is 2. The summed E-state index contributed by atoms with van der Waals surface area (Å²) in [6, 6.07) is 5.85. The fourth-order valence-corrected chi connectivity index (χ4v) is 3.70. The lowest BCUT2D eigenvalue weighted by Gasteiger charge is -2.15. The molecule has 0 saturated carbocycles. The lowest BCUT2D eigenvalue weighted by Crippen LogP contribution is -2.40. The van der Waals surface area contributed by atoms with Gasteiger partial charge in [0.25, 0.3) is 5.91 Å². The first-order valence-corrected chi connectivity index (χ1v) is 9.67. The molecule has 3 amide bonds. The predicted octanol–water partition coefficient (Wildman–Crippen LogP) is 3.52. The first kappa shape index (κ1) is 18.5. The quantitative estimate of drug-likeness (QED) is 0.619. The van der Waals surface area contributed by atoms with E-state index in [4.69, 9.17) is 4.42 Å². The number of urea groups is 1. The van der Waals surface area contributed by atoms with Gasteiger partial charge in [-0.25, -0.2) is 9.78 Å². The molecule has 1 saturated heterocycles. The molecule has 7 heteroatoms. The first-order chi connectivity index (χ1) is 12.3. The Labute approximate surface area is 157 Å². The van der Waals surface area contributed by atoms with Crippen LogP contribution >= 0.6 is 11.8 Å². The fraction of sp³-hybridized carbons (Fsp3) is 0.421. The van der Waals surface area contributed by atoms with Crippen molar-refractivity contribution in [2.24, 2.45) is 0 Å².